The van der Waals surface area contributed by atoms with E-state index in [1.165, 1.54) is 19.3 Å². The van der Waals surface area contributed by atoms with Gasteiger partial charge < -0.3 is 9.84 Å². The van der Waals surface area contributed by atoms with Crippen molar-refractivity contribution >= 4 is 5.97 Å². The Bertz CT molecular complexity index is 272. The topological polar surface area (TPSA) is 46.5 Å². The van der Waals surface area contributed by atoms with Crippen LogP contribution in [0.1, 0.15) is 32.1 Å². The van der Waals surface area contributed by atoms with Crippen molar-refractivity contribution in [2.75, 3.05) is 13.2 Å². The molecule has 1 aliphatic heterocycles. The molecule has 3 aliphatic rings. The minimum absolute atomic E-state index is 0.0249. The summed E-state index contributed by atoms with van der Waals surface area (Å²) in [5.41, 5.74) is -0.368. The average Bonchev–Trinajstić information content (AvgIpc) is 2.72. The predicted molar refractivity (Wildman–Crippen MR) is 49.9 cm³/mol. The van der Waals surface area contributed by atoms with E-state index in [0.717, 1.165) is 12.8 Å². The van der Waals surface area contributed by atoms with Gasteiger partial charge in [-0.25, -0.2) is 0 Å². The molecule has 3 nitrogen and oxygen atoms in total. The van der Waals surface area contributed by atoms with Gasteiger partial charge in [-0.2, -0.15) is 0 Å². The number of hydrogen-bond donors (Lipinski definition) is 1. The van der Waals surface area contributed by atoms with E-state index in [2.05, 4.69) is 0 Å². The average molecular weight is 196 g/mol. The van der Waals surface area contributed by atoms with E-state index < -0.39 is 11.4 Å². The fourth-order valence-electron chi connectivity index (χ4n) is 3.24. The largest absolute Gasteiger partial charge is 0.481 e. The van der Waals surface area contributed by atoms with Gasteiger partial charge in [-0.05, 0) is 31.6 Å². The molecule has 14 heavy (non-hydrogen) atoms. The number of hydrogen-bond acceptors (Lipinski definition) is 2. The third-order valence-electron chi connectivity index (χ3n) is 4.72. The van der Waals surface area contributed by atoms with Crippen LogP contribution in [0.4, 0.5) is 0 Å². The molecule has 2 saturated carbocycles. The van der Waals surface area contributed by atoms with E-state index in [0.29, 0.717) is 19.1 Å². The lowest BCUT2D eigenvalue weighted by Gasteiger charge is -2.54. The second kappa shape index (κ2) is 2.51. The van der Waals surface area contributed by atoms with Gasteiger partial charge in [0.1, 0.15) is 0 Å². The van der Waals surface area contributed by atoms with Crippen LogP contribution in [0, 0.1) is 16.7 Å². The van der Waals surface area contributed by atoms with Crippen molar-refractivity contribution in [1.82, 2.24) is 0 Å². The molecule has 0 spiro atoms. The smallest absolute Gasteiger partial charge is 0.310 e. The summed E-state index contributed by atoms with van der Waals surface area (Å²) in [4.78, 5) is 11.3. The van der Waals surface area contributed by atoms with E-state index in [1.54, 1.807) is 0 Å². The molecular formula is C11H16O3. The zero-order valence-electron chi connectivity index (χ0n) is 8.29. The molecule has 1 N–H and O–H groups in total. The third kappa shape index (κ3) is 0.800. The van der Waals surface area contributed by atoms with E-state index >= 15 is 0 Å². The Hall–Kier alpha value is -0.570. The van der Waals surface area contributed by atoms with E-state index in [4.69, 9.17) is 4.74 Å². The van der Waals surface area contributed by atoms with Gasteiger partial charge in [0.2, 0.25) is 0 Å². The summed E-state index contributed by atoms with van der Waals surface area (Å²) in [5.74, 6) is 0.0579. The van der Waals surface area contributed by atoms with Crippen LogP contribution < -0.4 is 0 Å². The Morgan fingerprint density at radius 2 is 1.93 bits per heavy atom. The van der Waals surface area contributed by atoms with Crippen molar-refractivity contribution < 1.29 is 14.6 Å². The van der Waals surface area contributed by atoms with Gasteiger partial charge in [0.05, 0.1) is 18.6 Å². The molecule has 3 fully saturated rings. The normalized spacial score (nSPS) is 32.9. The highest BCUT2D eigenvalue weighted by Crippen LogP contribution is 2.67. The fraction of sp³-hybridized carbons (Fsp3) is 0.909. The Kier molecular flexibility index (Phi) is 1.56. The van der Waals surface area contributed by atoms with Crippen molar-refractivity contribution in [2.24, 2.45) is 16.7 Å². The molecule has 3 heteroatoms. The minimum atomic E-state index is -0.576. The van der Waals surface area contributed by atoms with E-state index in [-0.39, 0.29) is 5.41 Å². The van der Waals surface area contributed by atoms with Gasteiger partial charge in [0.15, 0.2) is 0 Å². The first-order valence-electron chi connectivity index (χ1n) is 5.52. The number of carboxylic acids is 1. The number of carbonyl (C=O) groups is 1. The SMILES string of the molecule is O=C(O)C1(C2(C3CCC3)COC2)CC1. The van der Waals surface area contributed by atoms with Crippen LogP contribution in [0.3, 0.4) is 0 Å². The molecule has 0 radical (unpaired) electrons. The lowest BCUT2D eigenvalue weighted by molar-refractivity contribution is -0.212. The lowest BCUT2D eigenvalue weighted by atomic mass is 9.56. The summed E-state index contributed by atoms with van der Waals surface area (Å²) in [6.07, 6.45) is 5.48. The van der Waals surface area contributed by atoms with E-state index in [9.17, 15) is 9.90 Å². The Morgan fingerprint density at radius 1 is 1.29 bits per heavy atom. The molecule has 0 aromatic carbocycles. The van der Waals surface area contributed by atoms with Crippen LogP contribution in [0.5, 0.6) is 0 Å². The molecule has 1 heterocycles. The van der Waals surface area contributed by atoms with Gasteiger partial charge in [0, 0.05) is 5.41 Å². The van der Waals surface area contributed by atoms with Crippen molar-refractivity contribution in [3.63, 3.8) is 0 Å². The Labute approximate surface area is 83.4 Å². The molecule has 0 atom stereocenters. The molecule has 0 bridgehead atoms. The Morgan fingerprint density at radius 3 is 2.14 bits per heavy atom. The zero-order valence-corrected chi connectivity index (χ0v) is 8.29. The molecular weight excluding hydrogens is 180 g/mol. The highest BCUT2D eigenvalue weighted by Gasteiger charge is 2.70. The summed E-state index contributed by atoms with van der Waals surface area (Å²) in [6, 6.07) is 0. The quantitative estimate of drug-likeness (QED) is 0.746. The summed E-state index contributed by atoms with van der Waals surface area (Å²) in [5, 5.41) is 9.32. The highest BCUT2D eigenvalue weighted by molar-refractivity contribution is 5.79. The van der Waals surface area contributed by atoms with Crippen molar-refractivity contribution in [3.8, 4) is 0 Å². The van der Waals surface area contributed by atoms with Crippen LogP contribution in [0.2, 0.25) is 0 Å². The third-order valence-corrected chi connectivity index (χ3v) is 4.72. The van der Waals surface area contributed by atoms with Gasteiger partial charge in [0.25, 0.3) is 0 Å². The van der Waals surface area contributed by atoms with Crippen LogP contribution in [-0.4, -0.2) is 24.3 Å². The standard InChI is InChI=1S/C11H16O3/c12-9(13)10(4-5-10)11(6-14-7-11)8-2-1-3-8/h8H,1-7H2,(H,12,13). The molecule has 2 aliphatic carbocycles. The first-order valence-corrected chi connectivity index (χ1v) is 5.52. The second-order valence-corrected chi connectivity index (χ2v) is 5.16. The number of carboxylic acid groups (broad SMARTS) is 1. The van der Waals surface area contributed by atoms with Crippen molar-refractivity contribution in [3.05, 3.63) is 0 Å². The van der Waals surface area contributed by atoms with Gasteiger partial charge >= 0.3 is 5.97 Å². The van der Waals surface area contributed by atoms with Crippen molar-refractivity contribution in [2.45, 2.75) is 32.1 Å². The molecule has 0 amide bonds. The fourth-order valence-corrected chi connectivity index (χ4v) is 3.24. The van der Waals surface area contributed by atoms with Crippen LogP contribution in [0.25, 0.3) is 0 Å². The zero-order chi connectivity index (χ0) is 9.81. The van der Waals surface area contributed by atoms with Crippen LogP contribution in [-0.2, 0) is 9.53 Å². The summed E-state index contributed by atoms with van der Waals surface area (Å²) in [7, 11) is 0. The maximum Gasteiger partial charge on any atom is 0.310 e. The maximum absolute atomic E-state index is 11.3. The molecule has 3 rings (SSSR count). The number of rotatable bonds is 3. The number of aliphatic carboxylic acids is 1. The van der Waals surface area contributed by atoms with Gasteiger partial charge in [-0.1, -0.05) is 6.42 Å². The Balaban J connectivity index is 1.89. The summed E-state index contributed by atoms with van der Waals surface area (Å²) < 4.78 is 5.31. The first kappa shape index (κ1) is 8.72. The summed E-state index contributed by atoms with van der Waals surface area (Å²) in [6.45, 7) is 1.40. The summed E-state index contributed by atoms with van der Waals surface area (Å²) >= 11 is 0. The van der Waals surface area contributed by atoms with Crippen LogP contribution >= 0.6 is 0 Å². The van der Waals surface area contributed by atoms with Gasteiger partial charge in [-0.3, -0.25) is 4.79 Å². The monoisotopic (exact) mass is 196 g/mol. The molecule has 0 unspecified atom stereocenters. The minimum Gasteiger partial charge on any atom is -0.481 e. The molecule has 78 valence electrons. The van der Waals surface area contributed by atoms with Crippen LogP contribution in [0.15, 0.2) is 0 Å². The number of ether oxygens (including phenoxy) is 1. The maximum atomic E-state index is 11.3. The first-order chi connectivity index (χ1) is 6.71. The highest BCUT2D eigenvalue weighted by atomic mass is 16.5. The van der Waals surface area contributed by atoms with Gasteiger partial charge in [-0.15, -0.1) is 0 Å². The molecule has 0 aromatic heterocycles. The second-order valence-electron chi connectivity index (χ2n) is 5.16. The predicted octanol–water partition coefficient (Wildman–Crippen LogP) is 1.67. The molecule has 1 saturated heterocycles. The van der Waals surface area contributed by atoms with E-state index in [1.807, 2.05) is 0 Å². The molecule has 0 aromatic rings. The van der Waals surface area contributed by atoms with Crippen molar-refractivity contribution in [1.29, 1.82) is 0 Å². The lowest BCUT2D eigenvalue weighted by Crippen LogP contribution is -2.58.